The molecule has 0 atom stereocenters. The fourth-order valence-electron chi connectivity index (χ4n) is 1.42. The summed E-state index contributed by atoms with van der Waals surface area (Å²) in [5.74, 6) is -0.449. The maximum absolute atomic E-state index is 11.6. The summed E-state index contributed by atoms with van der Waals surface area (Å²) in [7, 11) is 0. The van der Waals surface area contributed by atoms with E-state index in [-0.39, 0.29) is 42.8 Å². The highest BCUT2D eigenvalue weighted by Crippen LogP contribution is 2.02. The zero-order valence-electron chi connectivity index (χ0n) is 11.2. The summed E-state index contributed by atoms with van der Waals surface area (Å²) in [5, 5.41) is 2.52. The van der Waals surface area contributed by atoms with Crippen LogP contribution in [0.1, 0.15) is 37.0 Å². The van der Waals surface area contributed by atoms with Crippen molar-refractivity contribution in [3.63, 3.8) is 0 Å². The quantitative estimate of drug-likeness (QED) is 0.805. The van der Waals surface area contributed by atoms with Gasteiger partial charge in [0.25, 0.3) is 5.91 Å². The van der Waals surface area contributed by atoms with Gasteiger partial charge in [-0.15, -0.1) is 0 Å². The first-order chi connectivity index (χ1) is 9.00. The standard InChI is InChI=1S/C14H18N2O3/c1-10(2)13(18)4-3-12(17)9-16-14(19)11-5-7-15-8-6-11/h5-8,10H,3-4,9H2,1-2H3,(H,16,19). The number of nitrogens with one attached hydrogen (secondary N) is 1. The number of rotatable bonds is 7. The van der Waals surface area contributed by atoms with Gasteiger partial charge >= 0.3 is 0 Å². The van der Waals surface area contributed by atoms with Gasteiger partial charge in [0.1, 0.15) is 5.78 Å². The largest absolute Gasteiger partial charge is 0.345 e. The molecular weight excluding hydrogens is 244 g/mol. The van der Waals surface area contributed by atoms with E-state index in [0.29, 0.717) is 5.56 Å². The molecule has 1 aromatic heterocycles. The van der Waals surface area contributed by atoms with Gasteiger partial charge < -0.3 is 5.32 Å². The normalized spacial score (nSPS) is 10.3. The molecule has 0 aromatic carbocycles. The third-order valence-corrected chi connectivity index (χ3v) is 2.68. The summed E-state index contributed by atoms with van der Waals surface area (Å²) >= 11 is 0. The van der Waals surface area contributed by atoms with Gasteiger partial charge in [-0.2, -0.15) is 0 Å². The first-order valence-electron chi connectivity index (χ1n) is 6.23. The van der Waals surface area contributed by atoms with Crippen molar-refractivity contribution in [3.05, 3.63) is 30.1 Å². The lowest BCUT2D eigenvalue weighted by Crippen LogP contribution is -2.29. The Morgan fingerprint density at radius 2 is 1.79 bits per heavy atom. The molecular formula is C14H18N2O3. The van der Waals surface area contributed by atoms with Crippen molar-refractivity contribution in [2.45, 2.75) is 26.7 Å². The molecule has 0 aliphatic rings. The zero-order chi connectivity index (χ0) is 14.3. The smallest absolute Gasteiger partial charge is 0.251 e. The monoisotopic (exact) mass is 262 g/mol. The molecule has 1 heterocycles. The highest BCUT2D eigenvalue weighted by molar-refractivity contribution is 5.97. The molecule has 0 aliphatic carbocycles. The summed E-state index contributed by atoms with van der Waals surface area (Å²) in [6, 6.07) is 3.14. The molecule has 1 N–H and O–H groups in total. The number of aromatic nitrogens is 1. The summed E-state index contributed by atoms with van der Waals surface area (Å²) in [6.45, 7) is 3.56. The lowest BCUT2D eigenvalue weighted by Gasteiger charge is -2.05. The molecule has 1 amide bonds. The predicted octanol–water partition coefficient (Wildman–Crippen LogP) is 1.39. The van der Waals surface area contributed by atoms with Gasteiger partial charge in [0.05, 0.1) is 6.54 Å². The predicted molar refractivity (Wildman–Crippen MR) is 70.7 cm³/mol. The van der Waals surface area contributed by atoms with E-state index in [4.69, 9.17) is 0 Å². The lowest BCUT2D eigenvalue weighted by atomic mass is 10.0. The van der Waals surface area contributed by atoms with Crippen LogP contribution in [0.5, 0.6) is 0 Å². The summed E-state index contributed by atoms with van der Waals surface area (Å²) in [5.41, 5.74) is 0.459. The van der Waals surface area contributed by atoms with Crippen molar-refractivity contribution in [1.82, 2.24) is 10.3 Å². The van der Waals surface area contributed by atoms with Crippen molar-refractivity contribution in [3.8, 4) is 0 Å². The maximum atomic E-state index is 11.6. The third kappa shape index (κ3) is 5.42. The number of ketones is 2. The van der Waals surface area contributed by atoms with E-state index in [2.05, 4.69) is 10.3 Å². The minimum atomic E-state index is -0.314. The van der Waals surface area contributed by atoms with Crippen LogP contribution in [-0.4, -0.2) is 29.0 Å². The Balaban J connectivity index is 2.31. The minimum Gasteiger partial charge on any atom is -0.345 e. The van der Waals surface area contributed by atoms with Crippen LogP contribution in [0.3, 0.4) is 0 Å². The van der Waals surface area contributed by atoms with E-state index < -0.39 is 0 Å². The molecule has 0 radical (unpaired) electrons. The van der Waals surface area contributed by atoms with Gasteiger partial charge in [-0.25, -0.2) is 0 Å². The second-order valence-corrected chi connectivity index (χ2v) is 4.58. The molecule has 1 aromatic rings. The maximum Gasteiger partial charge on any atom is 0.251 e. The van der Waals surface area contributed by atoms with Crippen LogP contribution in [0, 0.1) is 5.92 Å². The van der Waals surface area contributed by atoms with Crippen LogP contribution < -0.4 is 5.32 Å². The number of Topliss-reactive ketones (excluding diaryl/α,β-unsaturated/α-hetero) is 2. The van der Waals surface area contributed by atoms with E-state index in [9.17, 15) is 14.4 Å². The zero-order valence-corrected chi connectivity index (χ0v) is 11.2. The van der Waals surface area contributed by atoms with E-state index in [1.165, 1.54) is 12.4 Å². The number of hydrogen-bond acceptors (Lipinski definition) is 4. The third-order valence-electron chi connectivity index (χ3n) is 2.68. The van der Waals surface area contributed by atoms with Gasteiger partial charge in [-0.05, 0) is 12.1 Å². The van der Waals surface area contributed by atoms with Crippen molar-refractivity contribution in [2.75, 3.05) is 6.54 Å². The van der Waals surface area contributed by atoms with Gasteiger partial charge in [0.2, 0.25) is 0 Å². The Labute approximate surface area is 112 Å². The first-order valence-corrected chi connectivity index (χ1v) is 6.23. The summed E-state index contributed by atoms with van der Waals surface area (Å²) in [4.78, 5) is 38.3. The number of hydrogen-bond donors (Lipinski definition) is 1. The molecule has 102 valence electrons. The van der Waals surface area contributed by atoms with Crippen LogP contribution in [0.15, 0.2) is 24.5 Å². The first kappa shape index (κ1) is 15.0. The van der Waals surface area contributed by atoms with Crippen molar-refractivity contribution >= 4 is 17.5 Å². The SMILES string of the molecule is CC(C)C(=O)CCC(=O)CNC(=O)c1ccncc1. The second kappa shape index (κ2) is 7.41. The van der Waals surface area contributed by atoms with Crippen molar-refractivity contribution in [2.24, 2.45) is 5.92 Å². The molecule has 0 saturated carbocycles. The Hall–Kier alpha value is -2.04. The highest BCUT2D eigenvalue weighted by Gasteiger charge is 2.11. The number of amides is 1. The second-order valence-electron chi connectivity index (χ2n) is 4.58. The average molecular weight is 262 g/mol. The number of carbonyl (C=O) groups is 3. The molecule has 1 rings (SSSR count). The van der Waals surface area contributed by atoms with Gasteiger partial charge in [0, 0.05) is 36.7 Å². The van der Waals surface area contributed by atoms with Crippen molar-refractivity contribution in [1.29, 1.82) is 0 Å². The minimum absolute atomic E-state index is 0.0491. The molecule has 5 heteroatoms. The number of nitrogens with zero attached hydrogens (tertiary/aromatic N) is 1. The number of carbonyl (C=O) groups excluding carboxylic acids is 3. The van der Waals surface area contributed by atoms with Gasteiger partial charge in [-0.1, -0.05) is 13.8 Å². The van der Waals surface area contributed by atoms with Crippen LogP contribution in [-0.2, 0) is 9.59 Å². The van der Waals surface area contributed by atoms with Gasteiger partial charge in [-0.3, -0.25) is 19.4 Å². The Kier molecular flexibility index (Phi) is 5.85. The molecule has 0 aliphatic heterocycles. The topological polar surface area (TPSA) is 76.1 Å². The lowest BCUT2D eigenvalue weighted by molar-refractivity contribution is -0.125. The summed E-state index contributed by atoms with van der Waals surface area (Å²) < 4.78 is 0. The van der Waals surface area contributed by atoms with Crippen LogP contribution in [0.2, 0.25) is 0 Å². The molecule has 19 heavy (non-hydrogen) atoms. The Morgan fingerprint density at radius 1 is 1.16 bits per heavy atom. The molecule has 0 saturated heterocycles. The molecule has 0 unspecified atom stereocenters. The van der Waals surface area contributed by atoms with Crippen molar-refractivity contribution < 1.29 is 14.4 Å². The molecule has 0 spiro atoms. The van der Waals surface area contributed by atoms with E-state index in [1.54, 1.807) is 26.0 Å². The van der Waals surface area contributed by atoms with E-state index >= 15 is 0 Å². The fourth-order valence-corrected chi connectivity index (χ4v) is 1.42. The molecule has 5 nitrogen and oxygen atoms in total. The average Bonchev–Trinajstić information content (AvgIpc) is 2.42. The molecule has 0 fully saturated rings. The van der Waals surface area contributed by atoms with Gasteiger partial charge in [0.15, 0.2) is 5.78 Å². The Morgan fingerprint density at radius 3 is 2.37 bits per heavy atom. The Bertz CT molecular complexity index is 455. The highest BCUT2D eigenvalue weighted by atomic mass is 16.2. The van der Waals surface area contributed by atoms with Crippen LogP contribution >= 0.6 is 0 Å². The summed E-state index contributed by atoms with van der Waals surface area (Å²) in [6.07, 6.45) is 3.44. The number of pyridine rings is 1. The van der Waals surface area contributed by atoms with E-state index in [1.807, 2.05) is 0 Å². The fraction of sp³-hybridized carbons (Fsp3) is 0.429. The van der Waals surface area contributed by atoms with Crippen LogP contribution in [0.4, 0.5) is 0 Å². The van der Waals surface area contributed by atoms with Crippen LogP contribution in [0.25, 0.3) is 0 Å². The molecule has 0 bridgehead atoms. The van der Waals surface area contributed by atoms with E-state index in [0.717, 1.165) is 0 Å².